The van der Waals surface area contributed by atoms with Crippen molar-refractivity contribution in [3.63, 3.8) is 0 Å². The van der Waals surface area contributed by atoms with E-state index < -0.39 is 12.3 Å². The van der Waals surface area contributed by atoms with Crippen molar-refractivity contribution < 1.29 is 14.3 Å². The van der Waals surface area contributed by atoms with Crippen LogP contribution in [0.2, 0.25) is 0 Å². The number of hydrogen-bond acceptors (Lipinski definition) is 3. The van der Waals surface area contributed by atoms with Crippen LogP contribution in [0.5, 0.6) is 0 Å². The van der Waals surface area contributed by atoms with E-state index >= 15 is 0 Å². The van der Waals surface area contributed by atoms with Crippen LogP contribution in [0, 0.1) is 0 Å². The molecule has 1 fully saturated rings. The van der Waals surface area contributed by atoms with Gasteiger partial charge >= 0.3 is 6.03 Å². The van der Waals surface area contributed by atoms with E-state index in [1.807, 2.05) is 0 Å². The Balaban J connectivity index is 2.66. The van der Waals surface area contributed by atoms with E-state index in [1.165, 1.54) is 12.0 Å². The monoisotopic (exact) mass is 158 g/mol. The second kappa shape index (κ2) is 2.87. The molecule has 62 valence electrons. The van der Waals surface area contributed by atoms with Crippen molar-refractivity contribution in [2.45, 2.75) is 12.6 Å². The Morgan fingerprint density at radius 2 is 2.27 bits per heavy atom. The Kier molecular flexibility index (Phi) is 2.09. The standard InChI is InChI=1S/C6H10N2O3/c1-8-5(11-2)3-4(9)7-6(8)10/h5H,3H2,1-2H3,(H,7,9,10). The molecule has 0 bridgehead atoms. The molecule has 5 heteroatoms. The molecule has 1 aliphatic heterocycles. The van der Waals surface area contributed by atoms with Gasteiger partial charge in [-0.15, -0.1) is 0 Å². The summed E-state index contributed by atoms with van der Waals surface area (Å²) in [6.45, 7) is 0. The fourth-order valence-corrected chi connectivity index (χ4v) is 0.926. The SMILES string of the molecule is COC1CC(=O)NC(=O)N1C. The molecular weight excluding hydrogens is 148 g/mol. The minimum atomic E-state index is -0.420. The molecule has 3 amide bonds. The Bertz CT molecular complexity index is 192. The molecule has 1 aliphatic rings. The number of amides is 3. The fraction of sp³-hybridized carbons (Fsp3) is 0.667. The zero-order chi connectivity index (χ0) is 8.43. The van der Waals surface area contributed by atoms with Crippen molar-refractivity contribution in [3.8, 4) is 0 Å². The second-order valence-electron chi connectivity index (χ2n) is 2.36. The number of carbonyl (C=O) groups excluding carboxylic acids is 2. The van der Waals surface area contributed by atoms with Gasteiger partial charge in [0, 0.05) is 14.2 Å². The van der Waals surface area contributed by atoms with E-state index in [9.17, 15) is 9.59 Å². The quantitative estimate of drug-likeness (QED) is 0.561. The molecule has 0 saturated carbocycles. The lowest BCUT2D eigenvalue weighted by atomic mass is 10.3. The molecule has 0 aromatic carbocycles. The number of nitrogens with zero attached hydrogens (tertiary/aromatic N) is 1. The highest BCUT2D eigenvalue weighted by atomic mass is 16.5. The number of imide groups is 1. The third-order valence-corrected chi connectivity index (χ3v) is 1.63. The summed E-state index contributed by atoms with van der Waals surface area (Å²) in [5.41, 5.74) is 0. The molecule has 0 radical (unpaired) electrons. The van der Waals surface area contributed by atoms with Crippen molar-refractivity contribution in [1.82, 2.24) is 10.2 Å². The third-order valence-electron chi connectivity index (χ3n) is 1.63. The lowest BCUT2D eigenvalue weighted by molar-refractivity contribution is -0.128. The lowest BCUT2D eigenvalue weighted by Gasteiger charge is -2.30. The highest BCUT2D eigenvalue weighted by Gasteiger charge is 2.28. The maximum absolute atomic E-state index is 10.9. The highest BCUT2D eigenvalue weighted by molar-refractivity contribution is 5.96. The molecule has 0 spiro atoms. The van der Waals surface area contributed by atoms with Crippen LogP contribution in [0.15, 0.2) is 0 Å². The van der Waals surface area contributed by atoms with E-state index in [4.69, 9.17) is 4.74 Å². The maximum Gasteiger partial charge on any atom is 0.325 e. The normalized spacial score (nSPS) is 25.3. The Labute approximate surface area is 64.3 Å². The first-order chi connectivity index (χ1) is 5.15. The molecule has 0 aliphatic carbocycles. The van der Waals surface area contributed by atoms with Crippen molar-refractivity contribution >= 4 is 11.9 Å². The molecule has 1 heterocycles. The van der Waals surface area contributed by atoms with Crippen LogP contribution in [0.1, 0.15) is 6.42 Å². The molecule has 0 aromatic heterocycles. The van der Waals surface area contributed by atoms with Gasteiger partial charge in [0.15, 0.2) is 0 Å². The summed E-state index contributed by atoms with van der Waals surface area (Å²) in [4.78, 5) is 23.0. The van der Waals surface area contributed by atoms with Crippen molar-refractivity contribution in [3.05, 3.63) is 0 Å². The first-order valence-electron chi connectivity index (χ1n) is 3.24. The number of ether oxygens (including phenoxy) is 1. The van der Waals surface area contributed by atoms with E-state index in [2.05, 4.69) is 5.32 Å². The number of urea groups is 1. The third kappa shape index (κ3) is 1.48. The predicted molar refractivity (Wildman–Crippen MR) is 36.7 cm³/mol. The van der Waals surface area contributed by atoms with Gasteiger partial charge in [-0.1, -0.05) is 0 Å². The molecule has 1 atom stereocenters. The minimum absolute atomic E-state index is 0.207. The molecular formula is C6H10N2O3. The molecule has 11 heavy (non-hydrogen) atoms. The molecule has 0 aromatic rings. The van der Waals surface area contributed by atoms with E-state index in [0.717, 1.165) is 0 Å². The molecule has 1 N–H and O–H groups in total. The van der Waals surface area contributed by atoms with E-state index in [1.54, 1.807) is 7.05 Å². The van der Waals surface area contributed by atoms with Crippen molar-refractivity contribution in [2.75, 3.05) is 14.2 Å². The number of rotatable bonds is 1. The molecule has 5 nitrogen and oxygen atoms in total. The van der Waals surface area contributed by atoms with Gasteiger partial charge in [-0.2, -0.15) is 0 Å². The fourth-order valence-electron chi connectivity index (χ4n) is 0.926. The van der Waals surface area contributed by atoms with Gasteiger partial charge in [0.25, 0.3) is 0 Å². The zero-order valence-corrected chi connectivity index (χ0v) is 6.46. The summed E-state index contributed by atoms with van der Waals surface area (Å²) in [6.07, 6.45) is -0.213. The Morgan fingerprint density at radius 3 is 2.82 bits per heavy atom. The van der Waals surface area contributed by atoms with E-state index in [0.29, 0.717) is 0 Å². The predicted octanol–water partition coefficient (Wildman–Crippen LogP) is -0.469. The van der Waals surface area contributed by atoms with Crippen LogP contribution < -0.4 is 5.32 Å². The van der Waals surface area contributed by atoms with Gasteiger partial charge in [-0.05, 0) is 0 Å². The van der Waals surface area contributed by atoms with Gasteiger partial charge < -0.3 is 9.64 Å². The van der Waals surface area contributed by atoms with Gasteiger partial charge in [0.2, 0.25) is 5.91 Å². The summed E-state index contributed by atoms with van der Waals surface area (Å²) < 4.78 is 4.89. The van der Waals surface area contributed by atoms with Gasteiger partial charge in [-0.25, -0.2) is 4.79 Å². The van der Waals surface area contributed by atoms with Crippen LogP contribution in [0.3, 0.4) is 0 Å². The number of methoxy groups -OCH3 is 1. The van der Waals surface area contributed by atoms with Crippen LogP contribution in [0.25, 0.3) is 0 Å². The first kappa shape index (κ1) is 8.00. The van der Waals surface area contributed by atoms with Crippen molar-refractivity contribution in [2.24, 2.45) is 0 Å². The van der Waals surface area contributed by atoms with Crippen LogP contribution >= 0.6 is 0 Å². The van der Waals surface area contributed by atoms with Crippen LogP contribution in [-0.4, -0.2) is 37.2 Å². The lowest BCUT2D eigenvalue weighted by Crippen LogP contribution is -2.53. The molecule has 1 saturated heterocycles. The van der Waals surface area contributed by atoms with Crippen molar-refractivity contribution in [1.29, 1.82) is 0 Å². The summed E-state index contributed by atoms with van der Waals surface area (Å²) in [7, 11) is 3.04. The van der Waals surface area contributed by atoms with Gasteiger partial charge in [0.05, 0.1) is 6.42 Å². The van der Waals surface area contributed by atoms with Crippen LogP contribution in [0.4, 0.5) is 4.79 Å². The smallest absolute Gasteiger partial charge is 0.325 e. The number of carbonyl (C=O) groups is 2. The minimum Gasteiger partial charge on any atom is -0.361 e. The largest absolute Gasteiger partial charge is 0.361 e. The molecule has 1 rings (SSSR count). The second-order valence-corrected chi connectivity index (χ2v) is 2.36. The van der Waals surface area contributed by atoms with Crippen LogP contribution in [-0.2, 0) is 9.53 Å². The van der Waals surface area contributed by atoms with E-state index in [-0.39, 0.29) is 12.3 Å². The average molecular weight is 158 g/mol. The summed E-state index contributed by atoms with van der Waals surface area (Å²) in [5.74, 6) is -0.292. The first-order valence-corrected chi connectivity index (χ1v) is 3.24. The number of nitrogens with one attached hydrogen (secondary N) is 1. The van der Waals surface area contributed by atoms with Gasteiger partial charge in [-0.3, -0.25) is 10.1 Å². The summed E-state index contributed by atoms with van der Waals surface area (Å²) in [5, 5.41) is 2.16. The Hall–Kier alpha value is -1.10. The Morgan fingerprint density at radius 1 is 1.64 bits per heavy atom. The summed E-state index contributed by atoms with van der Waals surface area (Å²) >= 11 is 0. The highest BCUT2D eigenvalue weighted by Crippen LogP contribution is 2.07. The average Bonchev–Trinajstić information content (AvgIpc) is 1.96. The zero-order valence-electron chi connectivity index (χ0n) is 6.46. The molecule has 1 unspecified atom stereocenters. The number of hydrogen-bond donors (Lipinski definition) is 1. The maximum atomic E-state index is 10.9. The van der Waals surface area contributed by atoms with Gasteiger partial charge in [0.1, 0.15) is 6.23 Å². The summed E-state index contributed by atoms with van der Waals surface area (Å²) in [6, 6.07) is -0.409. The topological polar surface area (TPSA) is 58.6 Å².